The lowest BCUT2D eigenvalue weighted by Gasteiger charge is -2.01. The van der Waals surface area contributed by atoms with E-state index in [0.29, 0.717) is 5.82 Å². The van der Waals surface area contributed by atoms with E-state index in [-0.39, 0.29) is 42.6 Å². The van der Waals surface area contributed by atoms with Crippen LogP contribution in [-0.4, -0.2) is 21.1 Å². The molecule has 4 aromatic rings. The summed E-state index contributed by atoms with van der Waals surface area (Å²) in [6.07, 6.45) is 1.26. The number of aryl methyl sites for hydroxylation is 1. The SMILES string of the molecule is O=C(CCc1ncc(-c2c(F)cccc2F)o1)OCc1nc(-c2cccc(Br)c2)no1. The average molecular weight is 490 g/mol. The molecule has 7 nitrogen and oxygen atoms in total. The second kappa shape index (κ2) is 9.17. The van der Waals surface area contributed by atoms with Gasteiger partial charge in [0.25, 0.3) is 5.89 Å². The zero-order valence-electron chi connectivity index (χ0n) is 15.8. The maximum absolute atomic E-state index is 13.8. The average Bonchev–Trinajstić information content (AvgIpc) is 3.41. The summed E-state index contributed by atoms with van der Waals surface area (Å²) in [5.74, 6) is -1.43. The summed E-state index contributed by atoms with van der Waals surface area (Å²) in [5.41, 5.74) is 0.447. The molecule has 0 amide bonds. The fraction of sp³-hybridized carbons (Fsp3) is 0.143. The minimum atomic E-state index is -0.760. The van der Waals surface area contributed by atoms with Gasteiger partial charge in [0.05, 0.1) is 18.2 Å². The second-order valence-electron chi connectivity index (χ2n) is 6.40. The van der Waals surface area contributed by atoms with Gasteiger partial charge in [-0.2, -0.15) is 4.98 Å². The summed E-state index contributed by atoms with van der Waals surface area (Å²) >= 11 is 3.37. The Labute approximate surface area is 183 Å². The number of carbonyl (C=O) groups excluding carboxylic acids is 1. The molecule has 0 spiro atoms. The maximum Gasteiger partial charge on any atom is 0.306 e. The quantitative estimate of drug-likeness (QED) is 0.333. The van der Waals surface area contributed by atoms with Crippen molar-refractivity contribution in [2.45, 2.75) is 19.4 Å². The third-order valence-corrected chi connectivity index (χ3v) is 4.71. The van der Waals surface area contributed by atoms with Crippen LogP contribution in [0.2, 0.25) is 0 Å². The Kier molecular flexibility index (Phi) is 6.17. The van der Waals surface area contributed by atoms with Crippen LogP contribution in [0.15, 0.2) is 62.1 Å². The molecular formula is C21H14BrF2N3O4. The number of hydrogen-bond donors (Lipinski definition) is 0. The van der Waals surface area contributed by atoms with Crippen molar-refractivity contribution in [3.63, 3.8) is 0 Å². The Morgan fingerprint density at radius 3 is 2.65 bits per heavy atom. The van der Waals surface area contributed by atoms with E-state index in [1.54, 1.807) is 0 Å². The van der Waals surface area contributed by atoms with Crippen LogP contribution in [0.5, 0.6) is 0 Å². The molecule has 0 atom stereocenters. The number of esters is 1. The number of ether oxygens (including phenoxy) is 1. The van der Waals surface area contributed by atoms with Gasteiger partial charge in [-0.25, -0.2) is 13.8 Å². The van der Waals surface area contributed by atoms with Crippen molar-refractivity contribution < 1.29 is 27.3 Å². The van der Waals surface area contributed by atoms with Crippen LogP contribution >= 0.6 is 15.9 Å². The molecule has 0 aliphatic carbocycles. The van der Waals surface area contributed by atoms with E-state index in [1.807, 2.05) is 24.3 Å². The van der Waals surface area contributed by atoms with Crippen LogP contribution in [0.1, 0.15) is 18.2 Å². The lowest BCUT2D eigenvalue weighted by molar-refractivity contribution is -0.145. The van der Waals surface area contributed by atoms with Gasteiger partial charge in [0.15, 0.2) is 18.3 Å². The predicted molar refractivity (Wildman–Crippen MR) is 107 cm³/mol. The van der Waals surface area contributed by atoms with Crippen molar-refractivity contribution >= 4 is 21.9 Å². The summed E-state index contributed by atoms with van der Waals surface area (Å²) in [4.78, 5) is 20.1. The molecule has 0 aliphatic rings. The van der Waals surface area contributed by atoms with Gasteiger partial charge in [0, 0.05) is 16.5 Å². The van der Waals surface area contributed by atoms with E-state index in [4.69, 9.17) is 13.7 Å². The Bertz CT molecular complexity index is 1200. The fourth-order valence-corrected chi connectivity index (χ4v) is 3.16. The molecule has 10 heteroatoms. The molecule has 2 aromatic carbocycles. The van der Waals surface area contributed by atoms with Gasteiger partial charge in [-0.05, 0) is 24.3 Å². The van der Waals surface area contributed by atoms with Crippen molar-refractivity contribution in [2.24, 2.45) is 0 Å². The highest BCUT2D eigenvalue weighted by Gasteiger charge is 2.17. The van der Waals surface area contributed by atoms with Gasteiger partial charge in [0.2, 0.25) is 5.82 Å². The minimum Gasteiger partial charge on any atom is -0.456 e. The fourth-order valence-electron chi connectivity index (χ4n) is 2.76. The van der Waals surface area contributed by atoms with Crippen molar-refractivity contribution in [1.82, 2.24) is 15.1 Å². The highest BCUT2D eigenvalue weighted by molar-refractivity contribution is 9.10. The van der Waals surface area contributed by atoms with Crippen molar-refractivity contribution in [2.75, 3.05) is 0 Å². The van der Waals surface area contributed by atoms with Gasteiger partial charge in [-0.1, -0.05) is 39.3 Å². The molecule has 0 N–H and O–H groups in total. The Hall–Kier alpha value is -3.40. The molecular weight excluding hydrogens is 476 g/mol. The van der Waals surface area contributed by atoms with E-state index < -0.39 is 17.6 Å². The molecule has 0 saturated carbocycles. The first kappa shape index (κ1) is 20.9. The van der Waals surface area contributed by atoms with Crippen molar-refractivity contribution in [3.05, 3.63) is 76.6 Å². The number of aromatic nitrogens is 3. The second-order valence-corrected chi connectivity index (χ2v) is 7.31. The zero-order valence-corrected chi connectivity index (χ0v) is 17.4. The maximum atomic E-state index is 13.8. The molecule has 0 radical (unpaired) electrons. The molecule has 0 unspecified atom stereocenters. The van der Waals surface area contributed by atoms with Crippen LogP contribution < -0.4 is 0 Å². The molecule has 0 fully saturated rings. The topological polar surface area (TPSA) is 91.2 Å². The number of rotatable bonds is 7. The first-order valence-electron chi connectivity index (χ1n) is 9.13. The normalized spacial score (nSPS) is 10.9. The Morgan fingerprint density at radius 2 is 1.87 bits per heavy atom. The number of halogens is 3. The zero-order chi connectivity index (χ0) is 21.8. The van der Waals surface area contributed by atoms with Crippen LogP contribution in [0.4, 0.5) is 8.78 Å². The molecule has 31 heavy (non-hydrogen) atoms. The predicted octanol–water partition coefficient (Wildman–Crippen LogP) is 5.11. The van der Waals surface area contributed by atoms with E-state index in [2.05, 4.69) is 31.1 Å². The minimum absolute atomic E-state index is 0.0493. The monoisotopic (exact) mass is 489 g/mol. The number of hydrogen-bond acceptors (Lipinski definition) is 7. The molecule has 2 heterocycles. The molecule has 0 aliphatic heterocycles. The summed E-state index contributed by atoms with van der Waals surface area (Å²) in [6, 6.07) is 10.9. The summed E-state index contributed by atoms with van der Waals surface area (Å²) in [7, 11) is 0. The standard InChI is InChI=1S/C21H14BrF2N3O4/c22-13-4-1-3-12(9-13)21-26-18(31-27-21)11-29-19(28)8-7-17-25-10-16(30-17)20-14(23)5-2-6-15(20)24/h1-6,9-10H,7-8,11H2. The van der Waals surface area contributed by atoms with Crippen LogP contribution in [0.25, 0.3) is 22.7 Å². The van der Waals surface area contributed by atoms with Crippen LogP contribution in [0.3, 0.4) is 0 Å². The molecule has 2 aromatic heterocycles. The number of nitrogens with zero attached hydrogens (tertiary/aromatic N) is 3. The molecule has 0 saturated heterocycles. The van der Waals surface area contributed by atoms with Gasteiger partial charge in [-0.3, -0.25) is 4.79 Å². The van der Waals surface area contributed by atoms with Gasteiger partial charge in [-0.15, -0.1) is 0 Å². The number of benzene rings is 2. The third-order valence-electron chi connectivity index (χ3n) is 4.21. The highest BCUT2D eigenvalue weighted by atomic mass is 79.9. The largest absolute Gasteiger partial charge is 0.456 e. The Morgan fingerprint density at radius 1 is 1.10 bits per heavy atom. The van der Waals surface area contributed by atoms with E-state index in [1.165, 1.54) is 12.3 Å². The molecule has 4 rings (SSSR count). The summed E-state index contributed by atoms with van der Waals surface area (Å²) < 4.78 is 44.1. The lowest BCUT2D eigenvalue weighted by Crippen LogP contribution is -2.06. The molecule has 0 bridgehead atoms. The van der Waals surface area contributed by atoms with E-state index in [0.717, 1.165) is 22.2 Å². The van der Waals surface area contributed by atoms with Crippen molar-refractivity contribution in [3.8, 4) is 22.7 Å². The van der Waals surface area contributed by atoms with E-state index in [9.17, 15) is 13.6 Å². The lowest BCUT2D eigenvalue weighted by atomic mass is 10.1. The highest BCUT2D eigenvalue weighted by Crippen LogP contribution is 2.27. The number of oxazole rings is 1. The van der Waals surface area contributed by atoms with Crippen LogP contribution in [-0.2, 0) is 22.6 Å². The van der Waals surface area contributed by atoms with Gasteiger partial charge in [0.1, 0.15) is 11.6 Å². The first-order valence-corrected chi connectivity index (χ1v) is 9.92. The van der Waals surface area contributed by atoms with Gasteiger partial charge < -0.3 is 13.7 Å². The third kappa shape index (κ3) is 5.02. The van der Waals surface area contributed by atoms with Crippen molar-refractivity contribution in [1.29, 1.82) is 0 Å². The van der Waals surface area contributed by atoms with Crippen LogP contribution in [0, 0.1) is 11.6 Å². The molecule has 158 valence electrons. The smallest absolute Gasteiger partial charge is 0.306 e. The van der Waals surface area contributed by atoms with E-state index >= 15 is 0 Å². The Balaban J connectivity index is 1.30. The first-order chi connectivity index (χ1) is 15.0. The number of carbonyl (C=O) groups is 1. The summed E-state index contributed by atoms with van der Waals surface area (Å²) in [6.45, 7) is -0.183. The summed E-state index contributed by atoms with van der Waals surface area (Å²) in [5, 5.41) is 3.86. The van der Waals surface area contributed by atoms with Gasteiger partial charge >= 0.3 is 5.97 Å².